The molecule has 0 unspecified atom stereocenters. The Morgan fingerprint density at radius 2 is 1.92 bits per heavy atom. The summed E-state index contributed by atoms with van der Waals surface area (Å²) in [4.78, 5) is 16.9. The van der Waals surface area contributed by atoms with Crippen LogP contribution in [0.2, 0.25) is 0 Å². The van der Waals surface area contributed by atoms with Crippen molar-refractivity contribution in [1.82, 2.24) is 9.80 Å². The standard InChI is InChI=1S/C19H25F3N2O2/c1-23-12-16(26-3)10-15(23)11-24(2)17(25)18(8-9-18)13-4-6-14(7-5-13)19(20,21)22/h4-7,15-16H,8-12H2,1-3H3/t15-,16-/m0/s1. The summed E-state index contributed by atoms with van der Waals surface area (Å²) in [5.41, 5.74) is -0.663. The van der Waals surface area contributed by atoms with Gasteiger partial charge < -0.3 is 9.64 Å². The van der Waals surface area contributed by atoms with E-state index in [1.807, 2.05) is 7.05 Å². The first-order chi connectivity index (χ1) is 12.2. The molecule has 0 N–H and O–H groups in total. The van der Waals surface area contributed by atoms with Gasteiger partial charge in [0.15, 0.2) is 0 Å². The van der Waals surface area contributed by atoms with Gasteiger partial charge in [-0.2, -0.15) is 13.2 Å². The third kappa shape index (κ3) is 3.60. The molecule has 1 saturated heterocycles. The van der Waals surface area contributed by atoms with Crippen LogP contribution in [0.3, 0.4) is 0 Å². The first kappa shape index (κ1) is 19.2. The number of halogens is 3. The van der Waals surface area contributed by atoms with Gasteiger partial charge in [0.05, 0.1) is 17.1 Å². The van der Waals surface area contributed by atoms with Crippen molar-refractivity contribution in [2.45, 2.75) is 43.0 Å². The molecule has 3 rings (SSSR count). The number of nitrogens with zero attached hydrogens (tertiary/aromatic N) is 2. The van der Waals surface area contributed by atoms with Gasteiger partial charge in [-0.15, -0.1) is 0 Å². The van der Waals surface area contributed by atoms with E-state index in [0.29, 0.717) is 24.9 Å². The SMILES string of the molecule is CO[C@H]1C[C@@H](CN(C)C(=O)C2(c3ccc(C(F)(F)F)cc3)CC2)N(C)C1. The van der Waals surface area contributed by atoms with E-state index in [2.05, 4.69) is 4.90 Å². The number of hydrogen-bond acceptors (Lipinski definition) is 3. The average Bonchev–Trinajstić information content (AvgIpc) is 3.33. The van der Waals surface area contributed by atoms with Crippen LogP contribution < -0.4 is 0 Å². The maximum Gasteiger partial charge on any atom is 0.416 e. The van der Waals surface area contributed by atoms with Gasteiger partial charge in [-0.25, -0.2) is 0 Å². The molecule has 1 aliphatic carbocycles. The van der Waals surface area contributed by atoms with Crippen LogP contribution in [0.25, 0.3) is 0 Å². The smallest absolute Gasteiger partial charge is 0.380 e. The summed E-state index contributed by atoms with van der Waals surface area (Å²) in [6.45, 7) is 1.44. The van der Waals surface area contributed by atoms with E-state index in [-0.39, 0.29) is 18.1 Å². The molecule has 4 nitrogen and oxygen atoms in total. The quantitative estimate of drug-likeness (QED) is 0.799. The summed E-state index contributed by atoms with van der Waals surface area (Å²) in [5, 5.41) is 0. The fraction of sp³-hybridized carbons (Fsp3) is 0.632. The van der Waals surface area contributed by atoms with Crippen LogP contribution in [0.1, 0.15) is 30.4 Å². The van der Waals surface area contributed by atoms with Gasteiger partial charge in [0.2, 0.25) is 5.91 Å². The summed E-state index contributed by atoms with van der Waals surface area (Å²) in [6.07, 6.45) is -1.94. The number of benzene rings is 1. The van der Waals surface area contributed by atoms with E-state index in [1.165, 1.54) is 12.1 Å². The van der Waals surface area contributed by atoms with Crippen molar-refractivity contribution in [3.05, 3.63) is 35.4 Å². The number of carbonyl (C=O) groups is 1. The van der Waals surface area contributed by atoms with E-state index < -0.39 is 17.2 Å². The molecule has 0 spiro atoms. The van der Waals surface area contributed by atoms with Crippen LogP contribution in [0.15, 0.2) is 24.3 Å². The Kier molecular flexibility index (Phi) is 5.05. The Hall–Kier alpha value is -1.60. The number of rotatable bonds is 5. The molecule has 1 amide bonds. The van der Waals surface area contributed by atoms with Gasteiger partial charge in [0.1, 0.15) is 0 Å². The first-order valence-corrected chi connectivity index (χ1v) is 8.84. The number of hydrogen-bond donors (Lipinski definition) is 0. The van der Waals surface area contributed by atoms with Crippen LogP contribution in [0.4, 0.5) is 13.2 Å². The maximum absolute atomic E-state index is 13.0. The molecule has 0 radical (unpaired) electrons. The lowest BCUT2D eigenvalue weighted by atomic mass is 9.93. The molecule has 7 heteroatoms. The summed E-state index contributed by atoms with van der Waals surface area (Å²) in [5.74, 6) is -0.00785. The van der Waals surface area contributed by atoms with Gasteiger partial charge in [-0.1, -0.05) is 12.1 Å². The van der Waals surface area contributed by atoms with E-state index in [0.717, 1.165) is 25.1 Å². The lowest BCUT2D eigenvalue weighted by Crippen LogP contribution is -2.43. The highest BCUT2D eigenvalue weighted by Gasteiger charge is 2.53. The van der Waals surface area contributed by atoms with E-state index in [4.69, 9.17) is 4.74 Å². The summed E-state index contributed by atoms with van der Waals surface area (Å²) < 4.78 is 43.7. The molecule has 1 aliphatic heterocycles. The summed E-state index contributed by atoms with van der Waals surface area (Å²) >= 11 is 0. The predicted molar refractivity (Wildman–Crippen MR) is 91.8 cm³/mol. The van der Waals surface area contributed by atoms with Gasteiger partial charge in [0, 0.05) is 33.3 Å². The van der Waals surface area contributed by atoms with Crippen molar-refractivity contribution in [3.63, 3.8) is 0 Å². The molecule has 2 aliphatic rings. The second-order valence-corrected chi connectivity index (χ2v) is 7.53. The third-order valence-electron chi connectivity index (χ3n) is 5.74. The minimum absolute atomic E-state index is 0.00785. The number of methoxy groups -OCH3 is 1. The summed E-state index contributed by atoms with van der Waals surface area (Å²) in [6, 6.07) is 5.26. The van der Waals surface area contributed by atoms with Gasteiger partial charge in [0.25, 0.3) is 0 Å². The Morgan fingerprint density at radius 3 is 2.38 bits per heavy atom. The van der Waals surface area contributed by atoms with Crippen molar-refractivity contribution in [3.8, 4) is 0 Å². The first-order valence-electron chi connectivity index (χ1n) is 8.84. The van der Waals surface area contributed by atoms with Crippen LogP contribution in [-0.4, -0.2) is 62.1 Å². The Bertz CT molecular complexity index is 656. The van der Waals surface area contributed by atoms with Crippen LogP contribution >= 0.6 is 0 Å². The fourth-order valence-electron chi connectivity index (χ4n) is 3.91. The Balaban J connectivity index is 1.69. The lowest BCUT2D eigenvalue weighted by molar-refractivity contribution is -0.137. The van der Waals surface area contributed by atoms with Crippen molar-refractivity contribution in [1.29, 1.82) is 0 Å². The Labute approximate surface area is 151 Å². The highest BCUT2D eigenvalue weighted by molar-refractivity contribution is 5.91. The highest BCUT2D eigenvalue weighted by Crippen LogP contribution is 2.50. The molecule has 1 aromatic rings. The number of carbonyl (C=O) groups excluding carboxylic acids is 1. The van der Waals surface area contributed by atoms with Crippen molar-refractivity contribution >= 4 is 5.91 Å². The van der Waals surface area contributed by atoms with Crippen molar-refractivity contribution in [2.75, 3.05) is 34.3 Å². The minimum Gasteiger partial charge on any atom is -0.380 e. The molecule has 1 aromatic carbocycles. The molecule has 1 saturated carbocycles. The molecule has 26 heavy (non-hydrogen) atoms. The van der Waals surface area contributed by atoms with E-state index in [1.54, 1.807) is 19.1 Å². The molecular weight excluding hydrogens is 345 g/mol. The topological polar surface area (TPSA) is 32.8 Å². The van der Waals surface area contributed by atoms with Gasteiger partial charge in [-0.3, -0.25) is 9.69 Å². The minimum atomic E-state index is -4.36. The lowest BCUT2D eigenvalue weighted by Gasteiger charge is -2.29. The zero-order chi connectivity index (χ0) is 19.1. The number of likely N-dealkylation sites (tertiary alicyclic amines) is 1. The van der Waals surface area contributed by atoms with Gasteiger partial charge >= 0.3 is 6.18 Å². The number of ether oxygens (including phenoxy) is 1. The second-order valence-electron chi connectivity index (χ2n) is 7.53. The molecule has 2 fully saturated rings. The molecule has 0 aromatic heterocycles. The zero-order valence-electron chi connectivity index (χ0n) is 15.3. The fourth-order valence-corrected chi connectivity index (χ4v) is 3.91. The van der Waals surface area contributed by atoms with Crippen LogP contribution in [0.5, 0.6) is 0 Å². The molecule has 1 heterocycles. The predicted octanol–water partition coefficient (Wildman–Crippen LogP) is 2.91. The Morgan fingerprint density at radius 1 is 1.31 bits per heavy atom. The van der Waals surface area contributed by atoms with E-state index >= 15 is 0 Å². The molecule has 144 valence electrons. The number of likely N-dealkylation sites (N-methyl/N-ethyl adjacent to an activating group) is 2. The summed E-state index contributed by atoms with van der Waals surface area (Å²) in [7, 11) is 5.49. The normalized spacial score (nSPS) is 25.3. The second kappa shape index (κ2) is 6.85. The number of alkyl halides is 3. The van der Waals surface area contributed by atoms with E-state index in [9.17, 15) is 18.0 Å². The molecule has 2 atom stereocenters. The zero-order valence-corrected chi connectivity index (χ0v) is 15.3. The average molecular weight is 370 g/mol. The monoisotopic (exact) mass is 370 g/mol. The largest absolute Gasteiger partial charge is 0.416 e. The number of amides is 1. The molecular formula is C19H25F3N2O2. The molecule has 0 bridgehead atoms. The van der Waals surface area contributed by atoms with Gasteiger partial charge in [-0.05, 0) is 44.0 Å². The van der Waals surface area contributed by atoms with Crippen LogP contribution in [-0.2, 0) is 21.1 Å². The maximum atomic E-state index is 13.0. The van der Waals surface area contributed by atoms with Crippen LogP contribution in [0, 0.1) is 0 Å². The third-order valence-corrected chi connectivity index (χ3v) is 5.74. The van der Waals surface area contributed by atoms with Crippen molar-refractivity contribution in [2.24, 2.45) is 0 Å². The highest BCUT2D eigenvalue weighted by atomic mass is 19.4. The van der Waals surface area contributed by atoms with Crippen molar-refractivity contribution < 1.29 is 22.7 Å².